The van der Waals surface area contributed by atoms with Gasteiger partial charge in [0, 0.05) is 24.8 Å². The summed E-state index contributed by atoms with van der Waals surface area (Å²) < 4.78 is 11.2. The van der Waals surface area contributed by atoms with Crippen LogP contribution in [-0.4, -0.2) is 29.2 Å². The van der Waals surface area contributed by atoms with Crippen LogP contribution < -0.4 is 9.47 Å². The second-order valence-electron chi connectivity index (χ2n) is 5.78. The third kappa shape index (κ3) is 4.23. The number of hydrogen-bond acceptors (Lipinski definition) is 4. The van der Waals surface area contributed by atoms with E-state index < -0.39 is 0 Å². The summed E-state index contributed by atoms with van der Waals surface area (Å²) in [5.74, 6) is 2.53. The van der Waals surface area contributed by atoms with Crippen molar-refractivity contribution in [3.05, 3.63) is 54.1 Å². The Morgan fingerprint density at radius 1 is 1.04 bits per heavy atom. The first-order valence-electron chi connectivity index (χ1n) is 8.09. The zero-order valence-corrected chi connectivity index (χ0v) is 14.5. The quantitative estimate of drug-likeness (QED) is 0.808. The van der Waals surface area contributed by atoms with E-state index in [1.165, 1.54) is 0 Å². The van der Waals surface area contributed by atoms with E-state index in [1.54, 1.807) is 0 Å². The van der Waals surface area contributed by atoms with Gasteiger partial charge in [0.15, 0.2) is 0 Å². The van der Waals surface area contributed by atoms with Crippen molar-refractivity contribution in [1.29, 1.82) is 0 Å². The van der Waals surface area contributed by atoms with E-state index in [9.17, 15) is 4.79 Å². The maximum atomic E-state index is 11.8. The molecular weight excluding hydrogens is 322 g/mol. The molecular formula is C19H21NO3S. The predicted molar refractivity (Wildman–Crippen MR) is 96.9 cm³/mol. The third-order valence-corrected chi connectivity index (χ3v) is 4.21. The van der Waals surface area contributed by atoms with Crippen LogP contribution in [0.15, 0.2) is 48.5 Å². The van der Waals surface area contributed by atoms with Crippen molar-refractivity contribution in [1.82, 2.24) is 4.90 Å². The molecule has 1 aliphatic heterocycles. The van der Waals surface area contributed by atoms with Crippen molar-refractivity contribution in [3.63, 3.8) is 0 Å². The first kappa shape index (κ1) is 16.7. The third-order valence-electron chi connectivity index (χ3n) is 3.86. The van der Waals surface area contributed by atoms with Crippen LogP contribution in [0.2, 0.25) is 0 Å². The summed E-state index contributed by atoms with van der Waals surface area (Å²) in [7, 11) is 0. The van der Waals surface area contributed by atoms with Crippen LogP contribution in [0.1, 0.15) is 18.9 Å². The Morgan fingerprint density at radius 3 is 2.17 bits per heavy atom. The molecule has 0 spiro atoms. The van der Waals surface area contributed by atoms with Gasteiger partial charge in [-0.3, -0.25) is 4.79 Å². The van der Waals surface area contributed by atoms with Gasteiger partial charge in [0.1, 0.15) is 17.2 Å². The molecule has 4 nitrogen and oxygen atoms in total. The van der Waals surface area contributed by atoms with Gasteiger partial charge >= 0.3 is 0 Å². The van der Waals surface area contributed by atoms with Crippen molar-refractivity contribution in [2.75, 3.05) is 13.2 Å². The molecule has 1 saturated heterocycles. The lowest BCUT2D eigenvalue weighted by molar-refractivity contribution is -0.128. The molecule has 2 aromatic carbocycles. The van der Waals surface area contributed by atoms with Gasteiger partial charge < -0.3 is 14.4 Å². The van der Waals surface area contributed by atoms with Crippen LogP contribution in [0.4, 0.5) is 0 Å². The highest BCUT2D eigenvalue weighted by molar-refractivity contribution is 7.81. The van der Waals surface area contributed by atoms with Gasteiger partial charge in [-0.25, -0.2) is 0 Å². The molecule has 1 fully saturated rings. The Balaban J connectivity index is 1.59. The standard InChI is InChI=1S/C19H21NO3S/c1-2-22-15-7-9-17(10-8-15)23-16-5-3-14(4-6-16)12-20-13-18(24)11-19(20)21/h3-10,18,24H,2,11-13H2,1H3. The monoisotopic (exact) mass is 343 g/mol. The van der Waals surface area contributed by atoms with Crippen LogP contribution in [-0.2, 0) is 11.3 Å². The van der Waals surface area contributed by atoms with E-state index in [4.69, 9.17) is 9.47 Å². The van der Waals surface area contributed by atoms with E-state index in [0.717, 1.165) is 22.8 Å². The number of thiol groups is 1. The van der Waals surface area contributed by atoms with Gasteiger partial charge in [0.2, 0.25) is 5.91 Å². The fourth-order valence-corrected chi connectivity index (χ4v) is 3.05. The molecule has 126 valence electrons. The average Bonchev–Trinajstić information content (AvgIpc) is 2.89. The lowest BCUT2D eigenvalue weighted by atomic mass is 10.2. The lowest BCUT2D eigenvalue weighted by Crippen LogP contribution is -2.24. The number of carbonyl (C=O) groups excluding carboxylic acids is 1. The van der Waals surface area contributed by atoms with Crippen molar-refractivity contribution in [3.8, 4) is 17.2 Å². The number of carbonyl (C=O) groups is 1. The zero-order valence-electron chi connectivity index (χ0n) is 13.6. The van der Waals surface area contributed by atoms with Crippen LogP contribution in [0.25, 0.3) is 0 Å². The summed E-state index contributed by atoms with van der Waals surface area (Å²) in [5, 5.41) is 0.153. The van der Waals surface area contributed by atoms with Crippen LogP contribution >= 0.6 is 12.6 Å². The first-order chi connectivity index (χ1) is 11.6. The van der Waals surface area contributed by atoms with Gasteiger partial charge in [0.25, 0.3) is 0 Å². The smallest absolute Gasteiger partial charge is 0.224 e. The SMILES string of the molecule is CCOc1ccc(Oc2ccc(CN3CC(S)CC3=O)cc2)cc1. The van der Waals surface area contributed by atoms with Gasteiger partial charge in [-0.15, -0.1) is 0 Å². The van der Waals surface area contributed by atoms with Crippen LogP contribution in [0.5, 0.6) is 17.2 Å². The number of hydrogen-bond donors (Lipinski definition) is 1. The molecule has 1 aliphatic rings. The second-order valence-corrected chi connectivity index (χ2v) is 6.51. The van der Waals surface area contributed by atoms with Crippen molar-refractivity contribution in [2.45, 2.75) is 25.1 Å². The number of nitrogens with zero attached hydrogens (tertiary/aromatic N) is 1. The summed E-state index contributed by atoms with van der Waals surface area (Å²) in [6, 6.07) is 15.4. The van der Waals surface area contributed by atoms with Crippen LogP contribution in [0, 0.1) is 0 Å². The average molecular weight is 343 g/mol. The highest BCUT2D eigenvalue weighted by Crippen LogP contribution is 2.25. The molecule has 0 bridgehead atoms. The molecule has 24 heavy (non-hydrogen) atoms. The predicted octanol–water partition coefficient (Wildman–Crippen LogP) is 3.91. The minimum atomic E-state index is 0.153. The van der Waals surface area contributed by atoms with Crippen molar-refractivity contribution >= 4 is 18.5 Å². The molecule has 3 rings (SSSR count). The molecule has 2 aromatic rings. The van der Waals surface area contributed by atoms with E-state index in [2.05, 4.69) is 12.6 Å². The zero-order chi connectivity index (χ0) is 16.9. The number of ether oxygens (including phenoxy) is 2. The fourth-order valence-electron chi connectivity index (χ4n) is 2.69. The topological polar surface area (TPSA) is 38.8 Å². The molecule has 1 amide bonds. The van der Waals surface area contributed by atoms with Gasteiger partial charge in [-0.1, -0.05) is 12.1 Å². The van der Waals surface area contributed by atoms with Gasteiger partial charge in [-0.05, 0) is 48.9 Å². The highest BCUT2D eigenvalue weighted by atomic mass is 32.1. The van der Waals surface area contributed by atoms with Gasteiger partial charge in [-0.2, -0.15) is 12.6 Å². The molecule has 0 aromatic heterocycles. The molecule has 1 heterocycles. The summed E-state index contributed by atoms with van der Waals surface area (Å²) in [5.41, 5.74) is 1.09. The molecule has 0 aliphatic carbocycles. The Kier molecular flexibility index (Phi) is 5.30. The molecule has 0 saturated carbocycles. The van der Waals surface area contributed by atoms with Crippen LogP contribution in [0.3, 0.4) is 0 Å². The Morgan fingerprint density at radius 2 is 1.62 bits per heavy atom. The summed E-state index contributed by atoms with van der Waals surface area (Å²) in [6.07, 6.45) is 0.530. The Hall–Kier alpha value is -2.14. The van der Waals surface area contributed by atoms with E-state index >= 15 is 0 Å². The minimum Gasteiger partial charge on any atom is -0.494 e. The summed E-state index contributed by atoms with van der Waals surface area (Å²) in [4.78, 5) is 13.7. The Bertz CT molecular complexity index is 685. The van der Waals surface area contributed by atoms with Gasteiger partial charge in [0.05, 0.1) is 6.61 Å². The number of amides is 1. The fraction of sp³-hybridized carbons (Fsp3) is 0.316. The number of rotatable bonds is 6. The van der Waals surface area contributed by atoms with Crippen molar-refractivity contribution < 1.29 is 14.3 Å². The largest absolute Gasteiger partial charge is 0.494 e. The summed E-state index contributed by atoms with van der Waals surface area (Å²) in [6.45, 7) is 3.94. The normalized spacial score (nSPS) is 17.2. The molecule has 5 heteroatoms. The molecule has 0 radical (unpaired) electrons. The molecule has 1 unspecified atom stereocenters. The second kappa shape index (κ2) is 7.62. The molecule has 1 atom stereocenters. The maximum absolute atomic E-state index is 11.8. The maximum Gasteiger partial charge on any atom is 0.224 e. The summed E-state index contributed by atoms with van der Waals surface area (Å²) >= 11 is 4.38. The minimum absolute atomic E-state index is 0.153. The molecule has 0 N–H and O–H groups in total. The lowest BCUT2D eigenvalue weighted by Gasteiger charge is -2.16. The highest BCUT2D eigenvalue weighted by Gasteiger charge is 2.26. The van der Waals surface area contributed by atoms with Crippen molar-refractivity contribution in [2.24, 2.45) is 0 Å². The number of likely N-dealkylation sites (tertiary alicyclic amines) is 1. The number of benzene rings is 2. The van der Waals surface area contributed by atoms with E-state index in [1.807, 2.05) is 60.4 Å². The van der Waals surface area contributed by atoms with E-state index in [0.29, 0.717) is 26.1 Å². The first-order valence-corrected chi connectivity index (χ1v) is 8.61. The van der Waals surface area contributed by atoms with E-state index in [-0.39, 0.29) is 11.2 Å². The Labute approximate surface area is 147 Å².